The van der Waals surface area contributed by atoms with E-state index < -0.39 is 0 Å². The van der Waals surface area contributed by atoms with Crippen LogP contribution in [0.15, 0.2) is 36.8 Å². The first-order valence-electron chi connectivity index (χ1n) is 5.53. The van der Waals surface area contributed by atoms with E-state index in [0.29, 0.717) is 6.04 Å². The first kappa shape index (κ1) is 10.9. The molecule has 0 bridgehead atoms. The zero-order chi connectivity index (χ0) is 11.4. The van der Waals surface area contributed by atoms with Gasteiger partial charge in [-0.15, -0.1) is 0 Å². The number of H-pyrrole nitrogens is 1. The highest BCUT2D eigenvalue weighted by Gasteiger charge is 2.06. The minimum absolute atomic E-state index is 0.351. The van der Waals surface area contributed by atoms with Crippen molar-refractivity contribution < 1.29 is 0 Å². The summed E-state index contributed by atoms with van der Waals surface area (Å²) in [6, 6.07) is 8.81. The summed E-state index contributed by atoms with van der Waals surface area (Å²) in [7, 11) is 0. The molecule has 16 heavy (non-hydrogen) atoms. The van der Waals surface area contributed by atoms with E-state index >= 15 is 0 Å². The molecule has 0 saturated heterocycles. The SMILES string of the molecule is Cc1ccccc1C(C)NCc1cnc[nH]1. The monoisotopic (exact) mass is 215 g/mol. The van der Waals surface area contributed by atoms with E-state index in [0.717, 1.165) is 12.2 Å². The molecule has 3 nitrogen and oxygen atoms in total. The maximum absolute atomic E-state index is 3.99. The molecule has 1 aromatic heterocycles. The van der Waals surface area contributed by atoms with E-state index in [4.69, 9.17) is 0 Å². The van der Waals surface area contributed by atoms with E-state index in [1.54, 1.807) is 6.33 Å². The number of nitrogens with zero attached hydrogens (tertiary/aromatic N) is 1. The third-order valence-electron chi connectivity index (χ3n) is 2.81. The molecule has 1 aromatic carbocycles. The lowest BCUT2D eigenvalue weighted by Gasteiger charge is -2.15. The van der Waals surface area contributed by atoms with E-state index in [1.807, 2.05) is 6.20 Å². The van der Waals surface area contributed by atoms with E-state index in [2.05, 4.69) is 53.4 Å². The van der Waals surface area contributed by atoms with Crippen molar-refractivity contribution in [1.29, 1.82) is 0 Å². The molecule has 84 valence electrons. The molecule has 0 spiro atoms. The third-order valence-corrected chi connectivity index (χ3v) is 2.81. The van der Waals surface area contributed by atoms with Gasteiger partial charge in [-0.1, -0.05) is 24.3 Å². The van der Waals surface area contributed by atoms with Crippen LogP contribution >= 0.6 is 0 Å². The molecule has 2 N–H and O–H groups in total. The molecule has 0 aliphatic carbocycles. The van der Waals surface area contributed by atoms with Crippen molar-refractivity contribution in [2.24, 2.45) is 0 Å². The number of benzene rings is 1. The number of rotatable bonds is 4. The van der Waals surface area contributed by atoms with Crippen molar-refractivity contribution in [2.45, 2.75) is 26.4 Å². The fourth-order valence-corrected chi connectivity index (χ4v) is 1.83. The largest absolute Gasteiger partial charge is 0.347 e. The number of aromatic nitrogens is 2. The van der Waals surface area contributed by atoms with Crippen molar-refractivity contribution in [3.8, 4) is 0 Å². The van der Waals surface area contributed by atoms with Crippen molar-refractivity contribution >= 4 is 0 Å². The summed E-state index contributed by atoms with van der Waals surface area (Å²) < 4.78 is 0. The Morgan fingerprint density at radius 1 is 1.38 bits per heavy atom. The van der Waals surface area contributed by atoms with Gasteiger partial charge in [0.05, 0.1) is 6.33 Å². The number of hydrogen-bond acceptors (Lipinski definition) is 2. The van der Waals surface area contributed by atoms with Crippen LogP contribution in [0.25, 0.3) is 0 Å². The average Bonchev–Trinajstić information content (AvgIpc) is 2.79. The van der Waals surface area contributed by atoms with Gasteiger partial charge >= 0.3 is 0 Å². The fourth-order valence-electron chi connectivity index (χ4n) is 1.83. The highest BCUT2D eigenvalue weighted by Crippen LogP contribution is 2.16. The van der Waals surface area contributed by atoms with Gasteiger partial charge in [0.2, 0.25) is 0 Å². The Morgan fingerprint density at radius 2 is 2.19 bits per heavy atom. The molecule has 1 atom stereocenters. The minimum Gasteiger partial charge on any atom is -0.347 e. The predicted molar refractivity (Wildman–Crippen MR) is 65.0 cm³/mol. The van der Waals surface area contributed by atoms with Crippen LogP contribution in [-0.2, 0) is 6.54 Å². The quantitative estimate of drug-likeness (QED) is 0.823. The fraction of sp³-hybridized carbons (Fsp3) is 0.308. The van der Waals surface area contributed by atoms with Gasteiger partial charge in [0.25, 0.3) is 0 Å². The molecule has 1 unspecified atom stereocenters. The summed E-state index contributed by atoms with van der Waals surface area (Å²) in [6.07, 6.45) is 3.55. The molecular weight excluding hydrogens is 198 g/mol. The molecule has 2 rings (SSSR count). The standard InChI is InChI=1S/C13H17N3/c1-10-5-3-4-6-13(10)11(2)15-8-12-7-14-9-16-12/h3-7,9,11,15H,8H2,1-2H3,(H,14,16). The highest BCUT2D eigenvalue weighted by atomic mass is 15.0. The number of imidazole rings is 1. The van der Waals surface area contributed by atoms with Gasteiger partial charge in [0, 0.05) is 24.5 Å². The Labute approximate surface area is 95.9 Å². The van der Waals surface area contributed by atoms with Crippen LogP contribution in [0, 0.1) is 6.92 Å². The minimum atomic E-state index is 0.351. The van der Waals surface area contributed by atoms with Crippen LogP contribution in [0.2, 0.25) is 0 Å². The second-order valence-electron chi connectivity index (χ2n) is 4.04. The first-order valence-corrected chi connectivity index (χ1v) is 5.53. The van der Waals surface area contributed by atoms with E-state index in [-0.39, 0.29) is 0 Å². The van der Waals surface area contributed by atoms with Gasteiger partial charge in [0.15, 0.2) is 0 Å². The Kier molecular flexibility index (Phi) is 3.37. The third kappa shape index (κ3) is 2.49. The van der Waals surface area contributed by atoms with Crippen LogP contribution in [0.5, 0.6) is 0 Å². The maximum atomic E-state index is 3.99. The summed E-state index contributed by atoms with van der Waals surface area (Å²) in [5.41, 5.74) is 3.79. The van der Waals surface area contributed by atoms with Gasteiger partial charge in [-0.25, -0.2) is 4.98 Å². The van der Waals surface area contributed by atoms with Crippen LogP contribution in [0.4, 0.5) is 0 Å². The lowest BCUT2D eigenvalue weighted by Crippen LogP contribution is -2.19. The number of aromatic amines is 1. The van der Waals surface area contributed by atoms with Crippen molar-refractivity contribution in [2.75, 3.05) is 0 Å². The second-order valence-corrected chi connectivity index (χ2v) is 4.04. The van der Waals surface area contributed by atoms with Crippen LogP contribution in [0.1, 0.15) is 29.8 Å². The van der Waals surface area contributed by atoms with Gasteiger partial charge in [0.1, 0.15) is 0 Å². The molecule has 0 radical (unpaired) electrons. The Morgan fingerprint density at radius 3 is 2.88 bits per heavy atom. The molecule has 0 fully saturated rings. The smallest absolute Gasteiger partial charge is 0.0922 e. The molecule has 3 heteroatoms. The predicted octanol–water partition coefficient (Wildman–Crippen LogP) is 2.57. The van der Waals surface area contributed by atoms with Crippen LogP contribution in [-0.4, -0.2) is 9.97 Å². The van der Waals surface area contributed by atoms with E-state index in [9.17, 15) is 0 Å². The topological polar surface area (TPSA) is 40.7 Å². The second kappa shape index (κ2) is 4.94. The lowest BCUT2D eigenvalue weighted by atomic mass is 10.0. The molecule has 0 aliphatic rings. The molecule has 2 aromatic rings. The number of aryl methyl sites for hydroxylation is 1. The Balaban J connectivity index is 1.98. The zero-order valence-corrected chi connectivity index (χ0v) is 9.70. The zero-order valence-electron chi connectivity index (χ0n) is 9.70. The van der Waals surface area contributed by atoms with Gasteiger partial charge < -0.3 is 10.3 Å². The van der Waals surface area contributed by atoms with E-state index in [1.165, 1.54) is 11.1 Å². The molecule has 0 amide bonds. The summed E-state index contributed by atoms with van der Waals surface area (Å²) in [6.45, 7) is 5.14. The molecular formula is C13H17N3. The van der Waals surface area contributed by atoms with Gasteiger partial charge in [-0.3, -0.25) is 0 Å². The lowest BCUT2D eigenvalue weighted by molar-refractivity contribution is 0.566. The average molecular weight is 215 g/mol. The highest BCUT2D eigenvalue weighted by molar-refractivity contribution is 5.28. The summed E-state index contributed by atoms with van der Waals surface area (Å²) >= 11 is 0. The maximum Gasteiger partial charge on any atom is 0.0922 e. The van der Waals surface area contributed by atoms with Crippen molar-refractivity contribution in [3.63, 3.8) is 0 Å². The summed E-state index contributed by atoms with van der Waals surface area (Å²) in [5, 5.41) is 3.47. The van der Waals surface area contributed by atoms with Crippen LogP contribution < -0.4 is 5.32 Å². The first-order chi connectivity index (χ1) is 7.77. The Hall–Kier alpha value is -1.61. The van der Waals surface area contributed by atoms with Gasteiger partial charge in [-0.2, -0.15) is 0 Å². The molecule has 1 heterocycles. The van der Waals surface area contributed by atoms with Crippen molar-refractivity contribution in [1.82, 2.24) is 15.3 Å². The van der Waals surface area contributed by atoms with Gasteiger partial charge in [-0.05, 0) is 25.0 Å². The number of nitrogens with one attached hydrogen (secondary N) is 2. The summed E-state index contributed by atoms with van der Waals surface area (Å²) in [5.74, 6) is 0. The number of hydrogen-bond donors (Lipinski definition) is 2. The Bertz CT molecular complexity index is 434. The van der Waals surface area contributed by atoms with Crippen molar-refractivity contribution in [3.05, 3.63) is 53.6 Å². The summed E-state index contributed by atoms with van der Waals surface area (Å²) in [4.78, 5) is 7.08. The molecule has 0 saturated carbocycles. The normalized spacial score (nSPS) is 12.6. The van der Waals surface area contributed by atoms with Crippen LogP contribution in [0.3, 0.4) is 0 Å². The molecule has 0 aliphatic heterocycles.